The summed E-state index contributed by atoms with van der Waals surface area (Å²) in [6, 6.07) is -0.448. The number of hydrogen-bond donors (Lipinski definition) is 3. The largest absolute Gasteiger partial charge is 0.402 e. The third-order valence-corrected chi connectivity index (χ3v) is 2.96. The highest BCUT2D eigenvalue weighted by atomic mass is 32.2. The predicted molar refractivity (Wildman–Crippen MR) is 53.9 cm³/mol. The van der Waals surface area contributed by atoms with Crippen molar-refractivity contribution in [1.29, 1.82) is 0 Å². The van der Waals surface area contributed by atoms with Gasteiger partial charge in [-0.25, -0.2) is 0 Å². The van der Waals surface area contributed by atoms with Gasteiger partial charge in [0.1, 0.15) is 6.54 Å². The highest BCUT2D eigenvalue weighted by Gasteiger charge is 2.29. The van der Waals surface area contributed by atoms with Crippen LogP contribution in [0.15, 0.2) is 0 Å². The number of rotatable bonds is 7. The Kier molecular flexibility index (Phi) is 6.23. The fourth-order valence-electron chi connectivity index (χ4n) is 0.985. The van der Waals surface area contributed by atoms with Crippen molar-refractivity contribution in [1.82, 2.24) is 9.44 Å². The standard InChI is InChI=1S/C7H16F3N3O2S/c1-2-6(3-4-11)13-16(14,15)12-5-7(8,9)10/h6,12-13H,2-5,11H2,1H3. The van der Waals surface area contributed by atoms with Gasteiger partial charge in [-0.3, -0.25) is 0 Å². The van der Waals surface area contributed by atoms with Gasteiger partial charge in [-0.15, -0.1) is 0 Å². The van der Waals surface area contributed by atoms with Crippen LogP contribution in [-0.4, -0.2) is 33.7 Å². The summed E-state index contributed by atoms with van der Waals surface area (Å²) in [4.78, 5) is 0. The van der Waals surface area contributed by atoms with Gasteiger partial charge in [-0.1, -0.05) is 6.92 Å². The Hall–Kier alpha value is -0.380. The van der Waals surface area contributed by atoms with Crippen LogP contribution in [0.1, 0.15) is 19.8 Å². The van der Waals surface area contributed by atoms with E-state index in [-0.39, 0.29) is 6.54 Å². The average molecular weight is 263 g/mol. The Morgan fingerprint density at radius 2 is 1.94 bits per heavy atom. The lowest BCUT2D eigenvalue weighted by Gasteiger charge is -2.17. The fourth-order valence-corrected chi connectivity index (χ4v) is 2.15. The van der Waals surface area contributed by atoms with Crippen molar-refractivity contribution in [3.05, 3.63) is 0 Å². The molecule has 0 fully saturated rings. The zero-order valence-electron chi connectivity index (χ0n) is 8.84. The molecule has 1 atom stereocenters. The second kappa shape index (κ2) is 6.38. The Morgan fingerprint density at radius 3 is 2.31 bits per heavy atom. The van der Waals surface area contributed by atoms with Crippen LogP contribution in [0.25, 0.3) is 0 Å². The van der Waals surface area contributed by atoms with Crippen LogP contribution >= 0.6 is 0 Å². The van der Waals surface area contributed by atoms with E-state index in [1.165, 1.54) is 4.72 Å². The van der Waals surface area contributed by atoms with Crippen molar-refractivity contribution in [2.24, 2.45) is 5.73 Å². The molecule has 0 rings (SSSR count). The molecule has 0 heterocycles. The van der Waals surface area contributed by atoms with E-state index in [0.29, 0.717) is 12.8 Å². The van der Waals surface area contributed by atoms with E-state index in [2.05, 4.69) is 4.72 Å². The van der Waals surface area contributed by atoms with Crippen LogP contribution in [0.2, 0.25) is 0 Å². The summed E-state index contributed by atoms with van der Waals surface area (Å²) in [6.07, 6.45) is -3.72. The summed E-state index contributed by atoms with van der Waals surface area (Å²) in [6.45, 7) is 0.397. The van der Waals surface area contributed by atoms with E-state index in [1.54, 1.807) is 6.92 Å². The van der Waals surface area contributed by atoms with Crippen molar-refractivity contribution in [3.63, 3.8) is 0 Å². The lowest BCUT2D eigenvalue weighted by molar-refractivity contribution is -0.121. The van der Waals surface area contributed by atoms with Gasteiger partial charge in [0.15, 0.2) is 0 Å². The summed E-state index contributed by atoms with van der Waals surface area (Å²) in [5.41, 5.74) is 5.23. The van der Waals surface area contributed by atoms with Crippen LogP contribution < -0.4 is 15.2 Å². The van der Waals surface area contributed by atoms with E-state index >= 15 is 0 Å². The first-order valence-electron chi connectivity index (χ1n) is 4.74. The zero-order chi connectivity index (χ0) is 12.8. The van der Waals surface area contributed by atoms with Gasteiger partial charge in [-0.2, -0.15) is 31.0 Å². The highest BCUT2D eigenvalue weighted by molar-refractivity contribution is 7.87. The molecule has 0 aliphatic rings. The molecular weight excluding hydrogens is 247 g/mol. The lowest BCUT2D eigenvalue weighted by atomic mass is 10.2. The Labute approximate surface area is 92.8 Å². The van der Waals surface area contributed by atoms with Gasteiger partial charge in [0.25, 0.3) is 10.2 Å². The molecule has 0 aromatic rings. The molecule has 9 heteroatoms. The number of nitrogens with one attached hydrogen (secondary N) is 2. The molecule has 0 amide bonds. The summed E-state index contributed by atoms with van der Waals surface area (Å²) in [5, 5.41) is 0. The number of hydrogen-bond acceptors (Lipinski definition) is 3. The quantitative estimate of drug-likeness (QED) is 0.609. The zero-order valence-corrected chi connectivity index (χ0v) is 9.66. The smallest absolute Gasteiger partial charge is 0.330 e. The molecule has 0 aromatic carbocycles. The average Bonchev–Trinajstić information content (AvgIpc) is 2.13. The van der Waals surface area contributed by atoms with Crippen LogP contribution in [0, 0.1) is 0 Å². The molecule has 0 saturated heterocycles. The third kappa shape index (κ3) is 7.85. The number of alkyl halides is 3. The molecule has 0 aliphatic carbocycles. The maximum Gasteiger partial charge on any atom is 0.402 e. The van der Waals surface area contributed by atoms with Gasteiger partial charge in [0.05, 0.1) is 0 Å². The van der Waals surface area contributed by atoms with Crippen LogP contribution in [0.5, 0.6) is 0 Å². The fraction of sp³-hybridized carbons (Fsp3) is 1.00. The van der Waals surface area contributed by atoms with Gasteiger partial charge >= 0.3 is 6.18 Å². The van der Waals surface area contributed by atoms with Gasteiger partial charge in [0, 0.05) is 6.04 Å². The topological polar surface area (TPSA) is 84.2 Å². The normalized spacial score (nSPS) is 15.1. The summed E-state index contributed by atoms with van der Waals surface area (Å²) >= 11 is 0. The van der Waals surface area contributed by atoms with Gasteiger partial charge in [-0.05, 0) is 19.4 Å². The molecule has 1 unspecified atom stereocenters. The predicted octanol–water partition coefficient (Wildman–Crippen LogP) is 0.100. The SMILES string of the molecule is CCC(CCN)NS(=O)(=O)NCC(F)(F)F. The number of nitrogens with two attached hydrogens (primary N) is 1. The monoisotopic (exact) mass is 263 g/mol. The molecule has 0 aliphatic heterocycles. The van der Waals surface area contributed by atoms with Crippen molar-refractivity contribution in [2.75, 3.05) is 13.1 Å². The summed E-state index contributed by atoms with van der Waals surface area (Å²) in [7, 11) is -4.12. The summed E-state index contributed by atoms with van der Waals surface area (Å²) < 4.78 is 61.2. The molecule has 0 saturated carbocycles. The first-order chi connectivity index (χ1) is 7.20. The molecule has 0 spiro atoms. The number of halogens is 3. The van der Waals surface area contributed by atoms with E-state index < -0.39 is 29.0 Å². The molecule has 0 bridgehead atoms. The van der Waals surface area contributed by atoms with Gasteiger partial charge < -0.3 is 5.73 Å². The minimum atomic E-state index is -4.57. The molecule has 98 valence electrons. The minimum absolute atomic E-state index is 0.264. The molecule has 16 heavy (non-hydrogen) atoms. The molecule has 0 aromatic heterocycles. The van der Waals surface area contributed by atoms with Crippen molar-refractivity contribution in [2.45, 2.75) is 32.0 Å². The molecule has 0 radical (unpaired) electrons. The molecular formula is C7H16F3N3O2S. The van der Waals surface area contributed by atoms with Crippen molar-refractivity contribution >= 4 is 10.2 Å². The minimum Gasteiger partial charge on any atom is -0.330 e. The first-order valence-corrected chi connectivity index (χ1v) is 6.22. The van der Waals surface area contributed by atoms with Crippen LogP contribution in [0.4, 0.5) is 13.2 Å². The molecule has 5 nitrogen and oxygen atoms in total. The first kappa shape index (κ1) is 15.6. The van der Waals surface area contributed by atoms with Crippen molar-refractivity contribution < 1.29 is 21.6 Å². The Bertz CT molecular complexity index is 292. The maximum atomic E-state index is 11.8. The third-order valence-electron chi connectivity index (χ3n) is 1.79. The lowest BCUT2D eigenvalue weighted by Crippen LogP contribution is -2.46. The Morgan fingerprint density at radius 1 is 1.38 bits per heavy atom. The highest BCUT2D eigenvalue weighted by Crippen LogP contribution is 2.12. The Balaban J connectivity index is 4.23. The van der Waals surface area contributed by atoms with E-state index in [0.717, 1.165) is 0 Å². The van der Waals surface area contributed by atoms with E-state index in [9.17, 15) is 21.6 Å². The van der Waals surface area contributed by atoms with Gasteiger partial charge in [0.2, 0.25) is 0 Å². The maximum absolute atomic E-state index is 11.8. The van der Waals surface area contributed by atoms with Crippen LogP contribution in [-0.2, 0) is 10.2 Å². The second-order valence-electron chi connectivity index (χ2n) is 3.24. The van der Waals surface area contributed by atoms with E-state index in [4.69, 9.17) is 5.73 Å². The van der Waals surface area contributed by atoms with Crippen molar-refractivity contribution in [3.8, 4) is 0 Å². The second-order valence-corrected chi connectivity index (χ2v) is 4.77. The molecule has 4 N–H and O–H groups in total. The summed E-state index contributed by atoms with van der Waals surface area (Å²) in [5.74, 6) is 0. The van der Waals surface area contributed by atoms with E-state index in [1.807, 2.05) is 0 Å². The van der Waals surface area contributed by atoms with Crippen LogP contribution in [0.3, 0.4) is 0 Å².